The lowest BCUT2D eigenvalue weighted by Gasteiger charge is -2.29. The monoisotopic (exact) mass is 536 g/mol. The predicted octanol–water partition coefficient (Wildman–Crippen LogP) is 4.03. The fraction of sp³-hybridized carbons (Fsp3) is 0.103. The molecule has 0 fully saturated rings. The molecule has 1 aliphatic rings. The third-order valence-corrected chi connectivity index (χ3v) is 6.86. The highest BCUT2D eigenvalue weighted by Crippen LogP contribution is 2.28. The Hall–Kier alpha value is -4.89. The van der Waals surface area contributed by atoms with Crippen LogP contribution in [0.25, 0.3) is 16.7 Å². The standard InChI is InChI=1S/C29H21ClN6O3/c30-19-8-11-22-24(14-19)34-27(37)25(15-20-4-1-2-12-31-20)35(28(22)38)16-18-6-9-21(10-7-18)36-17-33-23-5-3-13-32-26(23)29(36)39/h1-14,17,25H,15-16H2,(H,34,37)/t25-/m1/s1. The van der Waals surface area contributed by atoms with E-state index in [0.717, 1.165) is 5.56 Å². The summed E-state index contributed by atoms with van der Waals surface area (Å²) in [5.74, 6) is -0.626. The molecule has 2 amide bonds. The van der Waals surface area contributed by atoms with E-state index in [4.69, 9.17) is 11.6 Å². The van der Waals surface area contributed by atoms with Crippen LogP contribution in [-0.2, 0) is 17.8 Å². The van der Waals surface area contributed by atoms with Crippen LogP contribution in [0.1, 0.15) is 21.6 Å². The minimum absolute atomic E-state index is 0.165. The Bertz CT molecular complexity index is 1770. The van der Waals surface area contributed by atoms with Gasteiger partial charge < -0.3 is 10.2 Å². The molecule has 10 heteroatoms. The van der Waals surface area contributed by atoms with Crippen molar-refractivity contribution in [3.8, 4) is 5.69 Å². The highest BCUT2D eigenvalue weighted by atomic mass is 35.5. The molecule has 4 heterocycles. The summed E-state index contributed by atoms with van der Waals surface area (Å²) in [6.45, 7) is 0.165. The molecule has 0 bridgehead atoms. The van der Waals surface area contributed by atoms with Gasteiger partial charge in [-0.3, -0.25) is 23.9 Å². The molecule has 1 N–H and O–H groups in total. The van der Waals surface area contributed by atoms with Gasteiger partial charge in [0.2, 0.25) is 5.91 Å². The van der Waals surface area contributed by atoms with Gasteiger partial charge in [0.15, 0.2) is 5.52 Å². The second kappa shape index (κ2) is 10.1. The summed E-state index contributed by atoms with van der Waals surface area (Å²) in [6, 6.07) is 20.1. The van der Waals surface area contributed by atoms with Gasteiger partial charge in [-0.1, -0.05) is 29.8 Å². The number of rotatable bonds is 5. The molecule has 3 aromatic heterocycles. The third kappa shape index (κ3) is 4.75. The molecule has 1 aliphatic heterocycles. The van der Waals surface area contributed by atoms with Crippen molar-refractivity contribution in [3.63, 3.8) is 0 Å². The maximum atomic E-state index is 13.8. The topological polar surface area (TPSA) is 110 Å². The van der Waals surface area contributed by atoms with Gasteiger partial charge in [-0.15, -0.1) is 0 Å². The van der Waals surface area contributed by atoms with E-state index >= 15 is 0 Å². The first-order valence-corrected chi connectivity index (χ1v) is 12.6. The lowest BCUT2D eigenvalue weighted by Crippen LogP contribution is -2.46. The number of nitrogens with one attached hydrogen (secondary N) is 1. The van der Waals surface area contributed by atoms with E-state index in [9.17, 15) is 14.4 Å². The number of amides is 2. The van der Waals surface area contributed by atoms with Crippen LogP contribution in [0.4, 0.5) is 5.69 Å². The average Bonchev–Trinajstić information content (AvgIpc) is 3.04. The molecule has 0 unspecified atom stereocenters. The van der Waals surface area contributed by atoms with E-state index in [2.05, 4.69) is 20.3 Å². The maximum absolute atomic E-state index is 13.8. The third-order valence-electron chi connectivity index (χ3n) is 6.63. The number of hydrogen-bond donors (Lipinski definition) is 1. The van der Waals surface area contributed by atoms with Gasteiger partial charge in [0, 0.05) is 36.1 Å². The lowest BCUT2D eigenvalue weighted by molar-refractivity contribution is -0.120. The van der Waals surface area contributed by atoms with E-state index in [-0.39, 0.29) is 35.9 Å². The fourth-order valence-electron chi connectivity index (χ4n) is 4.66. The summed E-state index contributed by atoms with van der Waals surface area (Å²) < 4.78 is 1.42. The van der Waals surface area contributed by atoms with Gasteiger partial charge in [-0.2, -0.15) is 0 Å². The quantitative estimate of drug-likeness (QED) is 0.363. The number of pyridine rings is 2. The van der Waals surface area contributed by atoms with Gasteiger partial charge in [0.25, 0.3) is 11.5 Å². The Morgan fingerprint density at radius 1 is 0.872 bits per heavy atom. The molecule has 192 valence electrons. The summed E-state index contributed by atoms with van der Waals surface area (Å²) in [6.07, 6.45) is 4.92. The van der Waals surface area contributed by atoms with Crippen LogP contribution in [0.2, 0.25) is 5.02 Å². The van der Waals surface area contributed by atoms with Crippen molar-refractivity contribution in [3.05, 3.63) is 124 Å². The first kappa shape index (κ1) is 24.4. The largest absolute Gasteiger partial charge is 0.323 e. The van der Waals surface area contributed by atoms with Crippen LogP contribution in [0.15, 0.2) is 96.3 Å². The van der Waals surface area contributed by atoms with Crippen LogP contribution in [0.5, 0.6) is 0 Å². The predicted molar refractivity (Wildman–Crippen MR) is 147 cm³/mol. The molecular weight excluding hydrogens is 516 g/mol. The smallest absolute Gasteiger partial charge is 0.284 e. The number of nitrogens with zero attached hydrogens (tertiary/aromatic N) is 5. The van der Waals surface area contributed by atoms with Crippen molar-refractivity contribution >= 4 is 40.1 Å². The second-order valence-corrected chi connectivity index (χ2v) is 9.55. The Morgan fingerprint density at radius 2 is 1.69 bits per heavy atom. The van der Waals surface area contributed by atoms with Gasteiger partial charge in [-0.25, -0.2) is 9.97 Å². The van der Waals surface area contributed by atoms with Crippen molar-refractivity contribution in [2.75, 3.05) is 5.32 Å². The molecule has 0 saturated heterocycles. The Balaban J connectivity index is 1.34. The Labute approximate surface area is 227 Å². The van der Waals surface area contributed by atoms with Crippen molar-refractivity contribution in [1.29, 1.82) is 0 Å². The summed E-state index contributed by atoms with van der Waals surface area (Å²) in [4.78, 5) is 54.5. The van der Waals surface area contributed by atoms with Crippen molar-refractivity contribution in [1.82, 2.24) is 24.4 Å². The van der Waals surface area contributed by atoms with E-state index in [0.29, 0.717) is 33.2 Å². The molecule has 9 nitrogen and oxygen atoms in total. The van der Waals surface area contributed by atoms with E-state index in [1.807, 2.05) is 24.3 Å². The number of hydrogen-bond acceptors (Lipinski definition) is 6. The number of halogens is 1. The zero-order valence-corrected chi connectivity index (χ0v) is 21.2. The molecule has 2 aromatic carbocycles. The highest BCUT2D eigenvalue weighted by molar-refractivity contribution is 6.31. The number of fused-ring (bicyclic) bond motifs is 2. The summed E-state index contributed by atoms with van der Waals surface area (Å²) in [5, 5.41) is 3.28. The summed E-state index contributed by atoms with van der Waals surface area (Å²) in [7, 11) is 0. The molecule has 0 radical (unpaired) electrons. The van der Waals surface area contributed by atoms with Gasteiger partial charge in [0.05, 0.1) is 22.5 Å². The molecule has 1 atom stereocenters. The molecule has 0 spiro atoms. The van der Waals surface area contributed by atoms with Crippen LogP contribution in [0.3, 0.4) is 0 Å². The average molecular weight is 537 g/mol. The lowest BCUT2D eigenvalue weighted by atomic mass is 10.1. The van der Waals surface area contributed by atoms with Crippen LogP contribution in [-0.4, -0.2) is 42.3 Å². The maximum Gasteiger partial charge on any atom is 0.284 e. The zero-order valence-electron chi connectivity index (χ0n) is 20.5. The zero-order chi connectivity index (χ0) is 26.9. The van der Waals surface area contributed by atoms with Gasteiger partial charge in [0.1, 0.15) is 12.4 Å². The summed E-state index contributed by atoms with van der Waals surface area (Å²) in [5.41, 5.74) is 3.32. The van der Waals surface area contributed by atoms with Crippen molar-refractivity contribution in [2.45, 2.75) is 19.0 Å². The van der Waals surface area contributed by atoms with E-state index in [1.54, 1.807) is 65.8 Å². The van der Waals surface area contributed by atoms with Crippen molar-refractivity contribution in [2.24, 2.45) is 0 Å². The van der Waals surface area contributed by atoms with Crippen molar-refractivity contribution < 1.29 is 9.59 Å². The number of benzene rings is 2. The molecule has 0 saturated carbocycles. The number of anilines is 1. The summed E-state index contributed by atoms with van der Waals surface area (Å²) >= 11 is 6.15. The van der Waals surface area contributed by atoms with E-state index < -0.39 is 6.04 Å². The minimum atomic E-state index is -0.809. The fourth-order valence-corrected chi connectivity index (χ4v) is 4.83. The second-order valence-electron chi connectivity index (χ2n) is 9.11. The molecule has 6 rings (SSSR count). The minimum Gasteiger partial charge on any atom is -0.323 e. The molecule has 5 aromatic rings. The number of carbonyl (C=O) groups excluding carboxylic acids is 2. The van der Waals surface area contributed by atoms with Crippen LogP contribution >= 0.6 is 11.6 Å². The number of carbonyl (C=O) groups is 2. The Kier molecular flexibility index (Phi) is 6.34. The van der Waals surface area contributed by atoms with Crippen LogP contribution in [0, 0.1) is 0 Å². The first-order valence-electron chi connectivity index (χ1n) is 12.2. The Morgan fingerprint density at radius 3 is 2.49 bits per heavy atom. The van der Waals surface area contributed by atoms with Crippen LogP contribution < -0.4 is 10.9 Å². The molecule has 39 heavy (non-hydrogen) atoms. The van der Waals surface area contributed by atoms with Gasteiger partial charge >= 0.3 is 0 Å². The molecular formula is C29H21ClN6O3. The van der Waals surface area contributed by atoms with E-state index in [1.165, 1.54) is 10.9 Å². The first-order chi connectivity index (χ1) is 19.0. The van der Waals surface area contributed by atoms with Gasteiger partial charge in [-0.05, 0) is 60.2 Å². The molecule has 0 aliphatic carbocycles. The number of aromatic nitrogens is 4. The SMILES string of the molecule is O=C1Nc2cc(Cl)ccc2C(=O)N(Cc2ccc(-n3cnc4cccnc4c3=O)cc2)[C@@H]1Cc1ccccn1. The normalized spacial score (nSPS) is 15.1. The highest BCUT2D eigenvalue weighted by Gasteiger charge is 2.36.